The lowest BCUT2D eigenvalue weighted by atomic mass is 10.1. The number of rotatable bonds is 6. The first-order chi connectivity index (χ1) is 12.9. The lowest BCUT2D eigenvalue weighted by Crippen LogP contribution is -2.18. The third-order valence-electron chi connectivity index (χ3n) is 3.56. The van der Waals surface area contributed by atoms with E-state index in [1.807, 2.05) is 30.3 Å². The molecule has 2 aromatic carbocycles. The summed E-state index contributed by atoms with van der Waals surface area (Å²) in [6.07, 6.45) is -3.97. The topological polar surface area (TPSA) is 70.7 Å². The van der Waals surface area contributed by atoms with Crippen molar-refractivity contribution in [3.8, 4) is 0 Å². The number of anilines is 1. The zero-order valence-electron chi connectivity index (χ0n) is 14.0. The summed E-state index contributed by atoms with van der Waals surface area (Å²) in [4.78, 5) is 16.3. The van der Waals surface area contributed by atoms with Crippen molar-refractivity contribution < 1.29 is 18.0 Å². The molecular formula is C18H15F3N4OS. The summed E-state index contributed by atoms with van der Waals surface area (Å²) >= 11 is 1.05. The second-order valence-corrected chi connectivity index (χ2v) is 6.55. The molecule has 0 aliphatic heterocycles. The van der Waals surface area contributed by atoms with Gasteiger partial charge in [0, 0.05) is 6.42 Å². The first-order valence-electron chi connectivity index (χ1n) is 7.96. The van der Waals surface area contributed by atoms with Crippen LogP contribution in [0.1, 0.15) is 17.0 Å². The molecule has 0 aliphatic carbocycles. The van der Waals surface area contributed by atoms with Crippen LogP contribution in [0.25, 0.3) is 0 Å². The van der Waals surface area contributed by atoms with E-state index in [1.165, 1.54) is 18.2 Å². The van der Waals surface area contributed by atoms with Crippen LogP contribution in [0.4, 0.5) is 18.9 Å². The third-order valence-corrected chi connectivity index (χ3v) is 4.41. The quantitative estimate of drug-likeness (QED) is 0.619. The van der Waals surface area contributed by atoms with E-state index in [0.717, 1.165) is 23.4 Å². The Balaban J connectivity index is 1.56. The maximum Gasteiger partial charge on any atom is 0.418 e. The lowest BCUT2D eigenvalue weighted by molar-refractivity contribution is -0.137. The predicted molar refractivity (Wildman–Crippen MR) is 96.4 cm³/mol. The van der Waals surface area contributed by atoms with Crippen LogP contribution < -0.4 is 5.32 Å². The summed E-state index contributed by atoms with van der Waals surface area (Å²) in [7, 11) is 0. The predicted octanol–water partition coefficient (Wildman–Crippen LogP) is 4.15. The summed E-state index contributed by atoms with van der Waals surface area (Å²) in [5, 5.41) is 9.46. The fourth-order valence-corrected chi connectivity index (χ4v) is 2.98. The monoisotopic (exact) mass is 392 g/mol. The van der Waals surface area contributed by atoms with Gasteiger partial charge in [0.15, 0.2) is 0 Å². The van der Waals surface area contributed by atoms with Gasteiger partial charge >= 0.3 is 6.18 Å². The molecule has 0 atom stereocenters. The number of halogens is 3. The number of H-pyrrole nitrogens is 1. The molecular weight excluding hydrogens is 377 g/mol. The standard InChI is InChI=1S/C18H15F3N4OS/c19-18(20,21)13-8-4-5-9-14(13)22-16(26)11-27-17-23-15(24-25-17)10-12-6-2-1-3-7-12/h1-9H,10-11H2,(H,22,26)(H,23,24,25). The maximum atomic E-state index is 13.0. The second-order valence-electron chi connectivity index (χ2n) is 5.61. The Morgan fingerprint density at radius 2 is 1.78 bits per heavy atom. The Bertz CT molecular complexity index is 912. The second kappa shape index (κ2) is 8.26. The van der Waals surface area contributed by atoms with Gasteiger partial charge in [-0.05, 0) is 17.7 Å². The van der Waals surface area contributed by atoms with Gasteiger partial charge in [-0.25, -0.2) is 4.98 Å². The molecule has 5 nitrogen and oxygen atoms in total. The number of amides is 1. The van der Waals surface area contributed by atoms with Crippen molar-refractivity contribution >= 4 is 23.4 Å². The average Bonchev–Trinajstić information content (AvgIpc) is 3.08. The number of thioether (sulfide) groups is 1. The first-order valence-corrected chi connectivity index (χ1v) is 8.94. The normalized spacial score (nSPS) is 11.4. The van der Waals surface area contributed by atoms with Crippen LogP contribution in [0, 0.1) is 0 Å². The Labute approximate surface area is 157 Å². The number of nitrogens with zero attached hydrogens (tertiary/aromatic N) is 2. The maximum absolute atomic E-state index is 13.0. The van der Waals surface area contributed by atoms with Crippen LogP contribution in [0.5, 0.6) is 0 Å². The molecule has 9 heteroatoms. The van der Waals surface area contributed by atoms with E-state index in [-0.39, 0.29) is 11.4 Å². The van der Waals surface area contributed by atoms with E-state index in [1.54, 1.807) is 0 Å². The number of aromatic amines is 1. The molecule has 0 aliphatic rings. The van der Waals surface area contributed by atoms with E-state index < -0.39 is 17.6 Å². The van der Waals surface area contributed by atoms with E-state index in [0.29, 0.717) is 17.4 Å². The fraction of sp³-hybridized carbons (Fsp3) is 0.167. The van der Waals surface area contributed by atoms with E-state index >= 15 is 0 Å². The van der Waals surface area contributed by atoms with Gasteiger partial charge in [-0.3, -0.25) is 9.89 Å². The molecule has 1 amide bonds. The molecule has 3 aromatic rings. The third kappa shape index (κ3) is 5.33. The molecule has 0 radical (unpaired) electrons. The van der Waals surface area contributed by atoms with E-state index in [9.17, 15) is 18.0 Å². The minimum absolute atomic E-state index is 0.102. The van der Waals surface area contributed by atoms with Crippen molar-refractivity contribution in [3.63, 3.8) is 0 Å². The SMILES string of the molecule is O=C(CSc1n[nH]c(Cc2ccccc2)n1)Nc1ccccc1C(F)(F)F. The molecule has 2 N–H and O–H groups in total. The van der Waals surface area contributed by atoms with Gasteiger partial charge in [-0.15, -0.1) is 5.10 Å². The number of hydrogen-bond acceptors (Lipinski definition) is 4. The molecule has 0 bridgehead atoms. The molecule has 0 unspecified atom stereocenters. The van der Waals surface area contributed by atoms with E-state index in [4.69, 9.17) is 0 Å². The average molecular weight is 392 g/mol. The summed E-state index contributed by atoms with van der Waals surface area (Å²) in [5.74, 6) is -0.0212. The molecule has 0 fully saturated rings. The molecule has 27 heavy (non-hydrogen) atoms. The van der Waals surface area contributed by atoms with Gasteiger partial charge in [0.2, 0.25) is 11.1 Å². The van der Waals surface area contributed by atoms with Gasteiger partial charge in [0.1, 0.15) is 5.82 Å². The highest BCUT2D eigenvalue weighted by Crippen LogP contribution is 2.34. The highest BCUT2D eigenvalue weighted by atomic mass is 32.2. The number of alkyl halides is 3. The largest absolute Gasteiger partial charge is 0.418 e. The zero-order chi connectivity index (χ0) is 19.3. The molecule has 0 spiro atoms. The number of carbonyl (C=O) groups excluding carboxylic acids is 1. The van der Waals surface area contributed by atoms with Crippen LogP contribution in [0.2, 0.25) is 0 Å². The molecule has 3 rings (SSSR count). The van der Waals surface area contributed by atoms with Gasteiger partial charge in [0.25, 0.3) is 0 Å². The lowest BCUT2D eigenvalue weighted by Gasteiger charge is -2.13. The molecule has 1 heterocycles. The number of benzene rings is 2. The summed E-state index contributed by atoms with van der Waals surface area (Å²) in [6.45, 7) is 0. The number of nitrogens with one attached hydrogen (secondary N) is 2. The zero-order valence-corrected chi connectivity index (χ0v) is 14.8. The number of aromatic nitrogens is 3. The summed E-state index contributed by atoms with van der Waals surface area (Å²) < 4.78 is 38.9. The van der Waals surface area contributed by atoms with Gasteiger partial charge in [0.05, 0.1) is 17.0 Å². The smallest absolute Gasteiger partial charge is 0.325 e. The van der Waals surface area contributed by atoms with Gasteiger partial charge in [-0.2, -0.15) is 13.2 Å². The highest BCUT2D eigenvalue weighted by molar-refractivity contribution is 7.99. The molecule has 1 aromatic heterocycles. The Morgan fingerprint density at radius 3 is 2.52 bits per heavy atom. The van der Waals surface area contributed by atoms with Crippen LogP contribution in [0.15, 0.2) is 59.8 Å². The van der Waals surface area contributed by atoms with Crippen molar-refractivity contribution in [2.24, 2.45) is 0 Å². The first kappa shape index (κ1) is 19.0. The van der Waals surface area contributed by atoms with Crippen LogP contribution in [-0.2, 0) is 17.4 Å². The van der Waals surface area contributed by atoms with Gasteiger partial charge < -0.3 is 5.32 Å². The highest BCUT2D eigenvalue weighted by Gasteiger charge is 2.33. The minimum atomic E-state index is -4.53. The van der Waals surface area contributed by atoms with Crippen molar-refractivity contribution in [3.05, 3.63) is 71.5 Å². The minimum Gasteiger partial charge on any atom is -0.325 e. The van der Waals surface area contributed by atoms with Gasteiger partial charge in [-0.1, -0.05) is 54.2 Å². The number of para-hydroxylation sites is 1. The van der Waals surface area contributed by atoms with Crippen LogP contribution in [-0.4, -0.2) is 26.8 Å². The Kier molecular flexibility index (Phi) is 5.80. The van der Waals surface area contributed by atoms with Crippen molar-refractivity contribution in [1.82, 2.24) is 15.2 Å². The molecule has 0 saturated carbocycles. The fourth-order valence-electron chi connectivity index (χ4n) is 2.37. The van der Waals surface area contributed by atoms with Crippen molar-refractivity contribution in [2.45, 2.75) is 17.8 Å². The van der Waals surface area contributed by atoms with Crippen molar-refractivity contribution in [1.29, 1.82) is 0 Å². The number of carbonyl (C=O) groups is 1. The van der Waals surface area contributed by atoms with Crippen molar-refractivity contribution in [2.75, 3.05) is 11.1 Å². The summed E-state index contributed by atoms with van der Waals surface area (Å²) in [6, 6.07) is 14.5. The Hall–Kier alpha value is -2.81. The Morgan fingerprint density at radius 1 is 1.07 bits per heavy atom. The summed E-state index contributed by atoms with van der Waals surface area (Å²) in [5.41, 5.74) is -0.0894. The molecule has 140 valence electrons. The van der Waals surface area contributed by atoms with Crippen LogP contribution in [0.3, 0.4) is 0 Å². The number of hydrogen-bond donors (Lipinski definition) is 2. The van der Waals surface area contributed by atoms with E-state index in [2.05, 4.69) is 20.5 Å². The van der Waals surface area contributed by atoms with Crippen LogP contribution >= 0.6 is 11.8 Å². The molecule has 0 saturated heterocycles.